The van der Waals surface area contributed by atoms with Crippen molar-refractivity contribution in [2.24, 2.45) is 0 Å². The Balaban J connectivity index is 1.69. The van der Waals surface area contributed by atoms with Crippen LogP contribution in [0.1, 0.15) is 55.6 Å². The smallest absolute Gasteiger partial charge is 0.251 e. The van der Waals surface area contributed by atoms with Gasteiger partial charge in [0, 0.05) is 18.5 Å². The SMILES string of the molecule is CC(C)Oc1ccc(C(C)NC(=O)CCCNC(=O)c2ccccc2)cc1. The zero-order chi connectivity index (χ0) is 19.6. The monoisotopic (exact) mass is 368 g/mol. The topological polar surface area (TPSA) is 67.4 Å². The average molecular weight is 368 g/mol. The molecule has 2 rings (SSSR count). The van der Waals surface area contributed by atoms with Crippen LogP contribution in [0.3, 0.4) is 0 Å². The number of nitrogens with one attached hydrogen (secondary N) is 2. The molecule has 0 saturated heterocycles. The third kappa shape index (κ3) is 7.13. The molecule has 0 bridgehead atoms. The minimum absolute atomic E-state index is 0.0287. The summed E-state index contributed by atoms with van der Waals surface area (Å²) in [5, 5.41) is 5.81. The summed E-state index contributed by atoms with van der Waals surface area (Å²) in [6, 6.07) is 16.7. The Morgan fingerprint density at radius 2 is 1.63 bits per heavy atom. The number of amides is 2. The van der Waals surface area contributed by atoms with Crippen LogP contribution in [-0.4, -0.2) is 24.5 Å². The fourth-order valence-corrected chi connectivity index (χ4v) is 2.65. The van der Waals surface area contributed by atoms with Crippen molar-refractivity contribution in [3.63, 3.8) is 0 Å². The highest BCUT2D eigenvalue weighted by molar-refractivity contribution is 5.94. The molecule has 1 atom stereocenters. The van der Waals surface area contributed by atoms with E-state index in [9.17, 15) is 9.59 Å². The molecule has 2 aromatic rings. The van der Waals surface area contributed by atoms with Crippen molar-refractivity contribution in [2.45, 2.75) is 45.8 Å². The minimum Gasteiger partial charge on any atom is -0.491 e. The Hall–Kier alpha value is -2.82. The summed E-state index contributed by atoms with van der Waals surface area (Å²) in [7, 11) is 0. The highest BCUT2D eigenvalue weighted by atomic mass is 16.5. The summed E-state index contributed by atoms with van der Waals surface area (Å²) in [5.41, 5.74) is 1.65. The molecule has 2 aromatic carbocycles. The molecule has 2 amide bonds. The number of hydrogen-bond donors (Lipinski definition) is 2. The van der Waals surface area contributed by atoms with E-state index < -0.39 is 0 Å². The third-order valence-corrected chi connectivity index (χ3v) is 4.03. The van der Waals surface area contributed by atoms with Crippen LogP contribution in [0.5, 0.6) is 5.75 Å². The van der Waals surface area contributed by atoms with Crippen molar-refractivity contribution >= 4 is 11.8 Å². The lowest BCUT2D eigenvalue weighted by Crippen LogP contribution is -2.29. The van der Waals surface area contributed by atoms with Gasteiger partial charge in [0.05, 0.1) is 12.1 Å². The second-order valence-corrected chi connectivity index (χ2v) is 6.75. The zero-order valence-corrected chi connectivity index (χ0v) is 16.2. The van der Waals surface area contributed by atoms with Crippen LogP contribution in [0.15, 0.2) is 54.6 Å². The first-order valence-corrected chi connectivity index (χ1v) is 9.35. The van der Waals surface area contributed by atoms with E-state index in [1.165, 1.54) is 0 Å². The van der Waals surface area contributed by atoms with Crippen molar-refractivity contribution in [3.8, 4) is 5.75 Å². The second kappa shape index (κ2) is 10.4. The van der Waals surface area contributed by atoms with Crippen LogP contribution < -0.4 is 15.4 Å². The van der Waals surface area contributed by atoms with Gasteiger partial charge in [-0.15, -0.1) is 0 Å². The van der Waals surface area contributed by atoms with Crippen molar-refractivity contribution in [3.05, 3.63) is 65.7 Å². The van der Waals surface area contributed by atoms with Crippen LogP contribution in [-0.2, 0) is 4.79 Å². The first-order valence-electron chi connectivity index (χ1n) is 9.35. The molecule has 0 aliphatic heterocycles. The summed E-state index contributed by atoms with van der Waals surface area (Å²) >= 11 is 0. The summed E-state index contributed by atoms with van der Waals surface area (Å²) in [4.78, 5) is 24.0. The van der Waals surface area contributed by atoms with Crippen LogP contribution in [0.2, 0.25) is 0 Å². The Morgan fingerprint density at radius 1 is 0.963 bits per heavy atom. The lowest BCUT2D eigenvalue weighted by atomic mass is 10.1. The summed E-state index contributed by atoms with van der Waals surface area (Å²) < 4.78 is 5.62. The van der Waals surface area contributed by atoms with Gasteiger partial charge < -0.3 is 15.4 Å². The van der Waals surface area contributed by atoms with Gasteiger partial charge in [0.15, 0.2) is 0 Å². The van der Waals surface area contributed by atoms with Gasteiger partial charge in [0.2, 0.25) is 5.91 Å². The standard InChI is InChI=1S/C22H28N2O3/c1-16(2)27-20-13-11-18(12-14-20)17(3)24-21(25)10-7-15-23-22(26)19-8-5-4-6-9-19/h4-6,8-9,11-14,16-17H,7,10,15H2,1-3H3,(H,23,26)(H,24,25). The molecule has 0 aliphatic rings. The van der Waals surface area contributed by atoms with E-state index in [1.807, 2.05) is 63.2 Å². The fraction of sp³-hybridized carbons (Fsp3) is 0.364. The molecular weight excluding hydrogens is 340 g/mol. The van der Waals surface area contributed by atoms with Gasteiger partial charge in [0.25, 0.3) is 5.91 Å². The first kappa shape index (κ1) is 20.5. The normalized spacial score (nSPS) is 11.7. The average Bonchev–Trinajstić information content (AvgIpc) is 2.65. The molecular formula is C22H28N2O3. The molecule has 0 aromatic heterocycles. The number of rotatable bonds is 9. The molecule has 5 nitrogen and oxygen atoms in total. The lowest BCUT2D eigenvalue weighted by molar-refractivity contribution is -0.121. The molecule has 2 N–H and O–H groups in total. The van der Waals surface area contributed by atoms with E-state index in [1.54, 1.807) is 12.1 Å². The zero-order valence-electron chi connectivity index (χ0n) is 16.2. The molecule has 0 heterocycles. The number of ether oxygens (including phenoxy) is 1. The van der Waals surface area contributed by atoms with Gasteiger partial charge in [-0.2, -0.15) is 0 Å². The molecule has 0 radical (unpaired) electrons. The summed E-state index contributed by atoms with van der Waals surface area (Å²) in [5.74, 6) is 0.675. The van der Waals surface area contributed by atoms with E-state index in [0.717, 1.165) is 11.3 Å². The molecule has 1 unspecified atom stereocenters. The lowest BCUT2D eigenvalue weighted by Gasteiger charge is -2.16. The Labute approximate surface area is 161 Å². The maximum absolute atomic E-state index is 12.1. The largest absolute Gasteiger partial charge is 0.491 e. The Morgan fingerprint density at radius 3 is 2.26 bits per heavy atom. The van der Waals surface area contributed by atoms with Crippen molar-refractivity contribution in [1.29, 1.82) is 0 Å². The van der Waals surface area contributed by atoms with Crippen molar-refractivity contribution in [1.82, 2.24) is 10.6 Å². The molecule has 27 heavy (non-hydrogen) atoms. The van der Waals surface area contributed by atoms with Crippen LogP contribution in [0.25, 0.3) is 0 Å². The molecule has 0 spiro atoms. The minimum atomic E-state index is -0.118. The molecule has 144 valence electrons. The van der Waals surface area contributed by atoms with Crippen LogP contribution in [0.4, 0.5) is 0 Å². The second-order valence-electron chi connectivity index (χ2n) is 6.75. The number of carbonyl (C=O) groups excluding carboxylic acids is 2. The van der Waals surface area contributed by atoms with Gasteiger partial charge in [0.1, 0.15) is 5.75 Å². The van der Waals surface area contributed by atoms with Gasteiger partial charge in [-0.25, -0.2) is 0 Å². The van der Waals surface area contributed by atoms with E-state index in [4.69, 9.17) is 4.74 Å². The van der Waals surface area contributed by atoms with E-state index in [-0.39, 0.29) is 24.0 Å². The number of benzene rings is 2. The summed E-state index contributed by atoms with van der Waals surface area (Å²) in [6.45, 7) is 6.39. The number of carbonyl (C=O) groups is 2. The Kier molecular flexibility index (Phi) is 7.86. The van der Waals surface area contributed by atoms with Gasteiger partial charge in [-0.3, -0.25) is 9.59 Å². The number of hydrogen-bond acceptors (Lipinski definition) is 3. The molecule has 5 heteroatoms. The van der Waals surface area contributed by atoms with Gasteiger partial charge in [-0.1, -0.05) is 30.3 Å². The Bertz CT molecular complexity index is 727. The van der Waals surface area contributed by atoms with E-state index >= 15 is 0 Å². The quantitative estimate of drug-likeness (QED) is 0.661. The van der Waals surface area contributed by atoms with Gasteiger partial charge in [-0.05, 0) is 57.0 Å². The highest BCUT2D eigenvalue weighted by Gasteiger charge is 2.10. The highest BCUT2D eigenvalue weighted by Crippen LogP contribution is 2.18. The van der Waals surface area contributed by atoms with Crippen LogP contribution in [0, 0.1) is 0 Å². The molecule has 0 aliphatic carbocycles. The predicted molar refractivity (Wildman–Crippen MR) is 107 cm³/mol. The van der Waals surface area contributed by atoms with Crippen LogP contribution >= 0.6 is 0 Å². The van der Waals surface area contributed by atoms with Crippen molar-refractivity contribution < 1.29 is 14.3 Å². The fourth-order valence-electron chi connectivity index (χ4n) is 2.65. The predicted octanol–water partition coefficient (Wildman–Crippen LogP) is 3.86. The van der Waals surface area contributed by atoms with E-state index in [2.05, 4.69) is 10.6 Å². The maximum atomic E-state index is 12.1. The van der Waals surface area contributed by atoms with Crippen molar-refractivity contribution in [2.75, 3.05) is 6.54 Å². The van der Waals surface area contributed by atoms with Gasteiger partial charge >= 0.3 is 0 Å². The first-order chi connectivity index (χ1) is 13.0. The summed E-state index contributed by atoms with van der Waals surface area (Å²) in [6.07, 6.45) is 1.10. The third-order valence-electron chi connectivity index (χ3n) is 4.03. The molecule has 0 fully saturated rings. The maximum Gasteiger partial charge on any atom is 0.251 e. The molecule has 0 saturated carbocycles. The van der Waals surface area contributed by atoms with E-state index in [0.29, 0.717) is 24.9 Å².